The molecule has 0 aliphatic heterocycles. The molecule has 3 heteroatoms. The Balaban J connectivity index is 1.28. The zero-order valence-corrected chi connectivity index (χ0v) is 26.6. The van der Waals surface area contributed by atoms with Gasteiger partial charge in [-0.15, -0.1) is 0 Å². The molecule has 1 atom stereocenters. The fourth-order valence-electron chi connectivity index (χ4n) is 8.21. The first-order valence-corrected chi connectivity index (χ1v) is 16.7. The van der Waals surface area contributed by atoms with Crippen molar-refractivity contribution in [3.63, 3.8) is 0 Å². The summed E-state index contributed by atoms with van der Waals surface area (Å²) in [4.78, 5) is 15.4. The van der Waals surface area contributed by atoms with Gasteiger partial charge in [0.1, 0.15) is 0 Å². The van der Waals surface area contributed by atoms with E-state index in [0.717, 1.165) is 16.7 Å². The Morgan fingerprint density at radius 3 is 1.16 bits per heavy atom. The van der Waals surface area contributed by atoms with Gasteiger partial charge < -0.3 is 0 Å². The fourth-order valence-corrected chi connectivity index (χ4v) is 8.21. The number of nitrogens with zero attached hydrogens (tertiary/aromatic N) is 3. The highest BCUT2D eigenvalue weighted by molar-refractivity contribution is 6.02. The van der Waals surface area contributed by atoms with Gasteiger partial charge in [-0.1, -0.05) is 176 Å². The molecule has 10 rings (SSSR count). The van der Waals surface area contributed by atoms with Gasteiger partial charge in [0.2, 0.25) is 0 Å². The molecule has 0 saturated carbocycles. The van der Waals surface area contributed by atoms with Gasteiger partial charge in [-0.05, 0) is 55.6 Å². The minimum absolute atomic E-state index is 0.490. The lowest BCUT2D eigenvalue weighted by Crippen LogP contribution is -2.25. The van der Waals surface area contributed by atoms with Crippen molar-refractivity contribution in [2.45, 2.75) is 5.41 Å². The predicted octanol–water partition coefficient (Wildman–Crippen LogP) is 10.9. The van der Waals surface area contributed by atoms with Crippen LogP contribution in [0.4, 0.5) is 0 Å². The first kappa shape index (κ1) is 27.6. The summed E-state index contributed by atoms with van der Waals surface area (Å²) in [6.07, 6.45) is 0. The van der Waals surface area contributed by atoms with Gasteiger partial charge in [0.15, 0.2) is 17.5 Å². The summed E-state index contributed by atoms with van der Waals surface area (Å²) < 4.78 is 0. The van der Waals surface area contributed by atoms with Crippen molar-refractivity contribution in [2.24, 2.45) is 0 Å². The van der Waals surface area contributed by atoms with E-state index >= 15 is 0 Å². The number of benzene rings is 7. The maximum absolute atomic E-state index is 5.19. The maximum Gasteiger partial charge on any atom is 0.164 e. The average molecular weight is 624 g/mol. The molecule has 0 radical (unpaired) electrons. The summed E-state index contributed by atoms with van der Waals surface area (Å²) in [5, 5.41) is 0. The SMILES string of the molecule is c1ccc(-c2nc(-c3ccccc3)nc(-c3cccc4c3-c3ccccc3C43c4ccccc4-c4c(-c5ccccc5)cccc43)n2)cc1. The van der Waals surface area contributed by atoms with Crippen molar-refractivity contribution in [2.75, 3.05) is 0 Å². The van der Waals surface area contributed by atoms with E-state index in [2.05, 4.69) is 140 Å². The van der Waals surface area contributed by atoms with Gasteiger partial charge >= 0.3 is 0 Å². The highest BCUT2D eigenvalue weighted by atomic mass is 15.0. The highest BCUT2D eigenvalue weighted by Crippen LogP contribution is 2.65. The van der Waals surface area contributed by atoms with E-state index in [9.17, 15) is 0 Å². The normalized spacial score (nSPS) is 15.0. The Morgan fingerprint density at radius 1 is 0.265 bits per heavy atom. The second-order valence-corrected chi connectivity index (χ2v) is 12.7. The Labute approximate surface area is 285 Å². The van der Waals surface area contributed by atoms with Crippen LogP contribution in [-0.2, 0) is 5.41 Å². The molecule has 1 heterocycles. The van der Waals surface area contributed by atoms with Crippen LogP contribution in [-0.4, -0.2) is 15.0 Å². The lowest BCUT2D eigenvalue weighted by molar-refractivity contribution is 0.794. The topological polar surface area (TPSA) is 38.7 Å². The summed E-state index contributed by atoms with van der Waals surface area (Å²) in [5.41, 5.74) is 15.0. The smallest absolute Gasteiger partial charge is 0.164 e. The molecule has 0 amide bonds. The third kappa shape index (κ3) is 3.99. The minimum Gasteiger partial charge on any atom is -0.208 e. The Kier molecular flexibility index (Phi) is 6.09. The molecule has 0 saturated heterocycles. The fraction of sp³-hybridized carbons (Fsp3) is 0.0217. The monoisotopic (exact) mass is 623 g/mol. The molecule has 1 aromatic heterocycles. The Hall–Kier alpha value is -6.45. The molecule has 0 fully saturated rings. The first-order chi connectivity index (χ1) is 24.3. The summed E-state index contributed by atoms with van der Waals surface area (Å²) in [5.74, 6) is 1.99. The second-order valence-electron chi connectivity index (χ2n) is 12.7. The van der Waals surface area contributed by atoms with Crippen LogP contribution in [0.25, 0.3) is 67.5 Å². The molecule has 1 spiro atoms. The lowest BCUT2D eigenvalue weighted by Gasteiger charge is -2.30. The predicted molar refractivity (Wildman–Crippen MR) is 198 cm³/mol. The molecule has 2 aliphatic rings. The van der Waals surface area contributed by atoms with E-state index < -0.39 is 5.41 Å². The number of fused-ring (bicyclic) bond motifs is 10. The quantitative estimate of drug-likeness (QED) is 0.196. The number of hydrogen-bond acceptors (Lipinski definition) is 3. The molecule has 3 nitrogen and oxygen atoms in total. The van der Waals surface area contributed by atoms with E-state index in [0.29, 0.717) is 17.5 Å². The molecule has 49 heavy (non-hydrogen) atoms. The second kappa shape index (κ2) is 10.8. The number of rotatable bonds is 4. The van der Waals surface area contributed by atoms with Crippen molar-refractivity contribution in [3.8, 4) is 67.5 Å². The van der Waals surface area contributed by atoms with Gasteiger partial charge in [-0.3, -0.25) is 0 Å². The summed E-state index contributed by atoms with van der Waals surface area (Å²) in [6.45, 7) is 0. The van der Waals surface area contributed by atoms with Gasteiger partial charge in [-0.2, -0.15) is 0 Å². The highest BCUT2D eigenvalue weighted by Gasteiger charge is 2.52. The van der Waals surface area contributed by atoms with Gasteiger partial charge in [0, 0.05) is 16.7 Å². The molecule has 0 N–H and O–H groups in total. The van der Waals surface area contributed by atoms with Crippen molar-refractivity contribution in [3.05, 3.63) is 198 Å². The Morgan fingerprint density at radius 2 is 0.633 bits per heavy atom. The standard InChI is InChI=1S/C46H29N3/c1-4-16-30(17-5-1)33-24-14-28-39-41(33)34-22-10-12-26-37(34)46(39)38-27-13-11-23-35(38)42-36(25-15-29-40(42)46)45-48-43(31-18-6-2-7-19-31)47-44(49-45)32-20-8-3-9-21-32/h1-29H. The molecule has 0 bridgehead atoms. The van der Waals surface area contributed by atoms with Crippen molar-refractivity contribution in [1.82, 2.24) is 15.0 Å². The van der Waals surface area contributed by atoms with Crippen LogP contribution in [0.1, 0.15) is 22.3 Å². The molecular weight excluding hydrogens is 595 g/mol. The third-order valence-electron chi connectivity index (χ3n) is 10.2. The molecule has 1 unspecified atom stereocenters. The van der Waals surface area contributed by atoms with E-state index in [4.69, 9.17) is 15.0 Å². The number of hydrogen-bond donors (Lipinski definition) is 0. The van der Waals surface area contributed by atoms with Crippen LogP contribution in [0.2, 0.25) is 0 Å². The van der Waals surface area contributed by atoms with Crippen LogP contribution in [0.3, 0.4) is 0 Å². The molecular formula is C46H29N3. The summed E-state index contributed by atoms with van der Waals surface area (Å²) >= 11 is 0. The van der Waals surface area contributed by atoms with Crippen LogP contribution >= 0.6 is 0 Å². The first-order valence-electron chi connectivity index (χ1n) is 16.7. The lowest BCUT2D eigenvalue weighted by atomic mass is 9.70. The van der Waals surface area contributed by atoms with Crippen molar-refractivity contribution >= 4 is 0 Å². The molecule has 8 aromatic rings. The number of aromatic nitrogens is 3. The maximum atomic E-state index is 5.19. The van der Waals surface area contributed by atoms with E-state index in [-0.39, 0.29) is 0 Å². The van der Waals surface area contributed by atoms with E-state index in [1.807, 2.05) is 36.4 Å². The van der Waals surface area contributed by atoms with Gasteiger partial charge in [0.05, 0.1) is 5.41 Å². The third-order valence-corrected chi connectivity index (χ3v) is 10.2. The van der Waals surface area contributed by atoms with Crippen LogP contribution < -0.4 is 0 Å². The zero-order valence-electron chi connectivity index (χ0n) is 26.6. The average Bonchev–Trinajstić information content (AvgIpc) is 3.66. The van der Waals surface area contributed by atoms with Crippen molar-refractivity contribution < 1.29 is 0 Å². The molecule has 228 valence electrons. The summed E-state index contributed by atoms with van der Waals surface area (Å²) in [6, 6.07) is 62.5. The van der Waals surface area contributed by atoms with Gasteiger partial charge in [0.25, 0.3) is 0 Å². The Bertz CT molecular complexity index is 2480. The molecule has 7 aromatic carbocycles. The molecule has 2 aliphatic carbocycles. The largest absolute Gasteiger partial charge is 0.208 e. The van der Waals surface area contributed by atoms with Crippen LogP contribution in [0, 0.1) is 0 Å². The summed E-state index contributed by atoms with van der Waals surface area (Å²) in [7, 11) is 0. The van der Waals surface area contributed by atoms with E-state index in [1.165, 1.54) is 55.6 Å². The van der Waals surface area contributed by atoms with Crippen molar-refractivity contribution in [1.29, 1.82) is 0 Å². The zero-order chi connectivity index (χ0) is 32.4. The van der Waals surface area contributed by atoms with Crippen LogP contribution in [0.15, 0.2) is 176 Å². The van der Waals surface area contributed by atoms with Gasteiger partial charge in [-0.25, -0.2) is 15.0 Å². The minimum atomic E-state index is -0.490. The van der Waals surface area contributed by atoms with Crippen LogP contribution in [0.5, 0.6) is 0 Å². The van der Waals surface area contributed by atoms with E-state index in [1.54, 1.807) is 0 Å².